The fourth-order valence-electron chi connectivity index (χ4n) is 0.971. The van der Waals surface area contributed by atoms with Gasteiger partial charge < -0.3 is 5.11 Å². The molecule has 11 heavy (non-hydrogen) atoms. The van der Waals surface area contributed by atoms with Crippen molar-refractivity contribution in [2.45, 2.75) is 13.0 Å². The summed E-state index contributed by atoms with van der Waals surface area (Å²) in [5.41, 5.74) is 0.933. The van der Waals surface area contributed by atoms with Gasteiger partial charge in [-0.1, -0.05) is 6.07 Å². The number of halogens is 1. The van der Waals surface area contributed by atoms with E-state index < -0.39 is 0 Å². The van der Waals surface area contributed by atoms with Gasteiger partial charge in [-0.2, -0.15) is 0 Å². The lowest BCUT2D eigenvalue weighted by molar-refractivity contribution is -0.682. The van der Waals surface area contributed by atoms with Gasteiger partial charge in [-0.15, -0.1) is 17.0 Å². The molecule has 0 saturated heterocycles. The monoisotopic (exact) mass is 218 g/mol. The third kappa shape index (κ3) is 2.60. The Morgan fingerprint density at radius 1 is 1.45 bits per heavy atom. The van der Waals surface area contributed by atoms with E-state index in [1.807, 2.05) is 36.0 Å². The van der Waals surface area contributed by atoms with Gasteiger partial charge in [0.15, 0.2) is 6.20 Å². The highest BCUT2D eigenvalue weighted by molar-refractivity contribution is 8.93. The fourth-order valence-corrected chi connectivity index (χ4v) is 0.971. The predicted octanol–water partition coefficient (Wildman–Crippen LogP) is 1.14. The van der Waals surface area contributed by atoms with Gasteiger partial charge in [-0.25, -0.2) is 4.57 Å². The number of aliphatic hydroxyl groups is 1. The lowest BCUT2D eigenvalue weighted by Crippen LogP contribution is -2.33. The number of pyridine rings is 1. The number of hydrogen-bond acceptors (Lipinski definition) is 1. The highest BCUT2D eigenvalue weighted by atomic mass is 79.9. The summed E-state index contributed by atoms with van der Waals surface area (Å²) in [6, 6.07) is 5.76. The van der Waals surface area contributed by atoms with Gasteiger partial charge in [-0.05, 0) is 6.92 Å². The zero-order valence-electron chi connectivity index (χ0n) is 6.69. The van der Waals surface area contributed by atoms with Crippen LogP contribution in [0.15, 0.2) is 24.4 Å². The molecule has 1 N–H and O–H groups in total. The van der Waals surface area contributed by atoms with Crippen LogP contribution in [0.2, 0.25) is 0 Å². The first-order valence-corrected chi connectivity index (χ1v) is 3.34. The summed E-state index contributed by atoms with van der Waals surface area (Å²) in [5.74, 6) is 0. The van der Waals surface area contributed by atoms with Crippen LogP contribution in [0.1, 0.15) is 18.7 Å². The predicted molar refractivity (Wildman–Crippen MR) is 48.6 cm³/mol. The number of hydrogen-bond donors (Lipinski definition) is 1. The molecular weight excluding hydrogens is 206 g/mol. The van der Waals surface area contributed by atoms with Gasteiger partial charge in [0, 0.05) is 12.1 Å². The molecule has 0 radical (unpaired) electrons. The van der Waals surface area contributed by atoms with Crippen molar-refractivity contribution in [3.05, 3.63) is 30.1 Å². The van der Waals surface area contributed by atoms with Gasteiger partial charge in [0.25, 0.3) is 0 Å². The second kappa shape index (κ2) is 4.46. The fraction of sp³-hybridized carbons (Fsp3) is 0.375. The summed E-state index contributed by atoms with van der Waals surface area (Å²) < 4.78 is 1.91. The van der Waals surface area contributed by atoms with Crippen molar-refractivity contribution in [2.24, 2.45) is 7.05 Å². The Kier molecular flexibility index (Phi) is 4.30. The summed E-state index contributed by atoms with van der Waals surface area (Å²) >= 11 is 0. The second-order valence-corrected chi connectivity index (χ2v) is 2.41. The van der Waals surface area contributed by atoms with Crippen LogP contribution in [0.5, 0.6) is 0 Å². The topological polar surface area (TPSA) is 24.1 Å². The van der Waals surface area contributed by atoms with Crippen LogP contribution in [-0.2, 0) is 7.05 Å². The Bertz CT molecular complexity index is 225. The van der Waals surface area contributed by atoms with Gasteiger partial charge in [0.1, 0.15) is 13.2 Å². The average Bonchev–Trinajstić information content (AvgIpc) is 1.88. The molecular formula is C8H13BrNO+. The number of aromatic nitrogens is 1. The van der Waals surface area contributed by atoms with Crippen LogP contribution in [0.3, 0.4) is 0 Å². The number of nitrogens with zero attached hydrogens (tertiary/aromatic N) is 1. The summed E-state index contributed by atoms with van der Waals surface area (Å²) in [7, 11) is 1.92. The average molecular weight is 219 g/mol. The Hall–Kier alpha value is -0.410. The zero-order chi connectivity index (χ0) is 7.56. The van der Waals surface area contributed by atoms with Crippen LogP contribution < -0.4 is 4.57 Å². The molecule has 0 spiro atoms. The van der Waals surface area contributed by atoms with E-state index in [-0.39, 0.29) is 23.1 Å². The summed E-state index contributed by atoms with van der Waals surface area (Å²) in [6.45, 7) is 1.76. The first kappa shape index (κ1) is 10.6. The summed E-state index contributed by atoms with van der Waals surface area (Å²) in [5, 5.41) is 9.18. The molecule has 2 nitrogen and oxygen atoms in total. The van der Waals surface area contributed by atoms with Gasteiger partial charge in [0.2, 0.25) is 5.69 Å². The maximum atomic E-state index is 9.18. The molecule has 1 aromatic heterocycles. The maximum Gasteiger partial charge on any atom is 0.209 e. The van der Waals surface area contributed by atoms with E-state index in [9.17, 15) is 5.11 Å². The summed E-state index contributed by atoms with van der Waals surface area (Å²) in [4.78, 5) is 0. The molecule has 62 valence electrons. The van der Waals surface area contributed by atoms with Crippen molar-refractivity contribution in [3.63, 3.8) is 0 Å². The van der Waals surface area contributed by atoms with E-state index in [0.717, 1.165) is 5.69 Å². The minimum absolute atomic E-state index is 0. The number of rotatable bonds is 1. The second-order valence-electron chi connectivity index (χ2n) is 2.41. The minimum atomic E-state index is -0.383. The molecule has 1 heterocycles. The molecule has 1 unspecified atom stereocenters. The quantitative estimate of drug-likeness (QED) is 0.703. The zero-order valence-corrected chi connectivity index (χ0v) is 8.40. The minimum Gasteiger partial charge on any atom is -0.382 e. The van der Waals surface area contributed by atoms with E-state index in [0.29, 0.717) is 0 Å². The van der Waals surface area contributed by atoms with Crippen LogP contribution in [0.4, 0.5) is 0 Å². The van der Waals surface area contributed by atoms with E-state index >= 15 is 0 Å². The smallest absolute Gasteiger partial charge is 0.209 e. The highest BCUT2D eigenvalue weighted by Crippen LogP contribution is 2.03. The third-order valence-corrected chi connectivity index (χ3v) is 1.52. The van der Waals surface area contributed by atoms with Gasteiger partial charge in [-0.3, -0.25) is 0 Å². The molecule has 0 fully saturated rings. The van der Waals surface area contributed by atoms with E-state index in [1.54, 1.807) is 6.92 Å². The van der Waals surface area contributed by atoms with Crippen LogP contribution in [-0.4, -0.2) is 5.11 Å². The van der Waals surface area contributed by atoms with Crippen LogP contribution >= 0.6 is 17.0 Å². The van der Waals surface area contributed by atoms with E-state index in [2.05, 4.69) is 0 Å². The maximum absolute atomic E-state index is 9.18. The number of aliphatic hydroxyl groups excluding tert-OH is 1. The molecule has 0 aliphatic carbocycles. The summed E-state index contributed by atoms with van der Waals surface area (Å²) in [6.07, 6.45) is 1.54. The molecule has 3 heteroatoms. The van der Waals surface area contributed by atoms with E-state index in [1.165, 1.54) is 0 Å². The molecule has 0 aliphatic heterocycles. The largest absolute Gasteiger partial charge is 0.382 e. The molecule has 1 atom stereocenters. The van der Waals surface area contributed by atoms with Crippen molar-refractivity contribution < 1.29 is 9.67 Å². The standard InChI is InChI=1S/C8H12NO.BrH/c1-7(10)8-5-3-4-6-9(8)2;/h3-7,10H,1-2H3;1H/q+1;. The van der Waals surface area contributed by atoms with E-state index in [4.69, 9.17) is 0 Å². The third-order valence-electron chi connectivity index (χ3n) is 1.52. The van der Waals surface area contributed by atoms with Crippen molar-refractivity contribution >= 4 is 17.0 Å². The molecule has 0 bridgehead atoms. The molecule has 0 amide bonds. The van der Waals surface area contributed by atoms with Crippen LogP contribution in [0, 0.1) is 0 Å². The van der Waals surface area contributed by atoms with Crippen molar-refractivity contribution in [3.8, 4) is 0 Å². The van der Waals surface area contributed by atoms with Gasteiger partial charge >= 0.3 is 0 Å². The SMILES string of the molecule is Br.CC(O)c1cccc[n+]1C. The Labute approximate surface area is 77.3 Å². The Balaban J connectivity index is 0.000001000. The normalized spacial score (nSPS) is 11.9. The van der Waals surface area contributed by atoms with Crippen LogP contribution in [0.25, 0.3) is 0 Å². The lowest BCUT2D eigenvalue weighted by Gasteiger charge is -1.99. The molecule has 1 rings (SSSR count). The van der Waals surface area contributed by atoms with Crippen molar-refractivity contribution in [1.82, 2.24) is 0 Å². The Morgan fingerprint density at radius 2 is 2.09 bits per heavy atom. The van der Waals surface area contributed by atoms with Crippen molar-refractivity contribution in [1.29, 1.82) is 0 Å². The first-order chi connectivity index (χ1) is 4.72. The molecule has 0 aliphatic rings. The Morgan fingerprint density at radius 3 is 2.45 bits per heavy atom. The number of aryl methyl sites for hydroxylation is 1. The molecule has 1 aromatic rings. The molecule has 0 saturated carbocycles. The highest BCUT2D eigenvalue weighted by Gasteiger charge is 2.09. The first-order valence-electron chi connectivity index (χ1n) is 3.34. The van der Waals surface area contributed by atoms with Crippen molar-refractivity contribution in [2.75, 3.05) is 0 Å². The molecule has 0 aromatic carbocycles. The lowest BCUT2D eigenvalue weighted by atomic mass is 10.2. The van der Waals surface area contributed by atoms with Gasteiger partial charge in [0.05, 0.1) is 0 Å².